The number of aliphatic imine (C=N–C) groups is 1. The smallest absolute Gasteiger partial charge is 0.193 e. The molecule has 0 amide bonds. The second-order valence-electron chi connectivity index (χ2n) is 7.09. The largest absolute Gasteiger partial charge is 0.379 e. The Balaban J connectivity index is 0.00000300. The molecule has 1 fully saturated rings. The van der Waals surface area contributed by atoms with Gasteiger partial charge in [-0.3, -0.25) is 9.89 Å². The molecule has 0 atom stereocenters. The summed E-state index contributed by atoms with van der Waals surface area (Å²) in [5, 5.41) is 3.38. The molecule has 2 aromatic carbocycles. The van der Waals surface area contributed by atoms with Crippen molar-refractivity contribution < 1.29 is 9.13 Å². The minimum Gasteiger partial charge on any atom is -0.379 e. The number of nitrogens with one attached hydrogen (secondary N) is 1. The number of hydrogen-bond donors (Lipinski definition) is 1. The molecule has 0 aromatic heterocycles. The summed E-state index contributed by atoms with van der Waals surface area (Å²) in [7, 11) is 3.71. The maximum atomic E-state index is 13.4. The number of morpholine rings is 1. The van der Waals surface area contributed by atoms with E-state index >= 15 is 0 Å². The second-order valence-corrected chi connectivity index (χ2v) is 7.09. The number of guanidine groups is 1. The maximum Gasteiger partial charge on any atom is 0.193 e. The zero-order valence-electron chi connectivity index (χ0n) is 17.1. The van der Waals surface area contributed by atoms with E-state index in [9.17, 15) is 4.39 Å². The van der Waals surface area contributed by atoms with Gasteiger partial charge in [0.15, 0.2) is 5.96 Å². The van der Waals surface area contributed by atoms with E-state index in [1.54, 1.807) is 19.2 Å². The minimum atomic E-state index is -0.217. The summed E-state index contributed by atoms with van der Waals surface area (Å²) in [5.41, 5.74) is 3.43. The number of hydrogen-bond acceptors (Lipinski definition) is 3. The van der Waals surface area contributed by atoms with Crippen LogP contribution in [0.15, 0.2) is 53.5 Å². The summed E-state index contributed by atoms with van der Waals surface area (Å²) < 4.78 is 18.8. The molecular weight excluding hydrogens is 482 g/mol. The number of benzene rings is 2. The van der Waals surface area contributed by atoms with Crippen LogP contribution in [0, 0.1) is 5.82 Å². The fourth-order valence-corrected chi connectivity index (χ4v) is 3.33. The van der Waals surface area contributed by atoms with Crippen LogP contribution in [0.4, 0.5) is 4.39 Å². The lowest BCUT2D eigenvalue weighted by Gasteiger charge is -2.26. The number of rotatable bonds is 6. The van der Waals surface area contributed by atoms with Crippen LogP contribution in [0.5, 0.6) is 0 Å². The molecule has 0 bridgehead atoms. The average molecular weight is 512 g/mol. The van der Waals surface area contributed by atoms with Gasteiger partial charge in [0.25, 0.3) is 0 Å². The number of halogens is 2. The first-order valence-corrected chi connectivity index (χ1v) is 9.68. The third kappa shape index (κ3) is 7.56. The molecule has 0 saturated carbocycles. The van der Waals surface area contributed by atoms with Gasteiger partial charge in [-0.05, 0) is 28.8 Å². The van der Waals surface area contributed by atoms with Crippen molar-refractivity contribution in [2.75, 3.05) is 40.4 Å². The van der Waals surface area contributed by atoms with Crippen LogP contribution in [0.1, 0.15) is 16.7 Å². The van der Waals surface area contributed by atoms with Gasteiger partial charge in [0, 0.05) is 46.8 Å². The molecule has 1 heterocycles. The molecule has 5 nitrogen and oxygen atoms in total. The first kappa shape index (κ1) is 23.6. The van der Waals surface area contributed by atoms with Crippen LogP contribution in [-0.2, 0) is 24.4 Å². The summed E-state index contributed by atoms with van der Waals surface area (Å²) in [4.78, 5) is 8.74. The standard InChI is InChI=1S/C22H29FN4O.HI/c1-24-22(26(2)16-20-4-3-5-21(23)14-20)25-15-18-6-8-19(9-7-18)17-27-10-12-28-13-11-27;/h3-9,14H,10-13,15-17H2,1-2H3,(H,24,25);1H. The van der Waals surface area contributed by atoms with Crippen molar-refractivity contribution in [3.8, 4) is 0 Å². The molecule has 7 heteroatoms. The summed E-state index contributed by atoms with van der Waals surface area (Å²) >= 11 is 0. The van der Waals surface area contributed by atoms with Gasteiger partial charge in [0.2, 0.25) is 0 Å². The monoisotopic (exact) mass is 512 g/mol. The highest BCUT2D eigenvalue weighted by molar-refractivity contribution is 14.0. The molecule has 1 N–H and O–H groups in total. The van der Waals surface area contributed by atoms with Crippen molar-refractivity contribution in [3.63, 3.8) is 0 Å². The SMILES string of the molecule is CN=C(NCc1ccc(CN2CCOCC2)cc1)N(C)Cc1cccc(F)c1.I. The minimum absolute atomic E-state index is 0. The zero-order valence-corrected chi connectivity index (χ0v) is 19.4. The molecule has 0 spiro atoms. The lowest BCUT2D eigenvalue weighted by Crippen LogP contribution is -2.38. The molecule has 1 aliphatic rings. The average Bonchev–Trinajstić information content (AvgIpc) is 2.70. The molecule has 0 radical (unpaired) electrons. The van der Waals surface area contributed by atoms with Crippen LogP contribution >= 0.6 is 24.0 Å². The summed E-state index contributed by atoms with van der Waals surface area (Å²) in [6.07, 6.45) is 0. The quantitative estimate of drug-likeness (QED) is 0.366. The van der Waals surface area contributed by atoms with E-state index in [4.69, 9.17) is 4.74 Å². The highest BCUT2D eigenvalue weighted by atomic mass is 127. The molecule has 1 saturated heterocycles. The molecule has 1 aliphatic heterocycles. The first-order chi connectivity index (χ1) is 13.6. The fourth-order valence-electron chi connectivity index (χ4n) is 3.33. The van der Waals surface area contributed by atoms with Crippen molar-refractivity contribution >= 4 is 29.9 Å². The van der Waals surface area contributed by atoms with Crippen molar-refractivity contribution in [3.05, 3.63) is 71.0 Å². The van der Waals surface area contributed by atoms with Gasteiger partial charge in [-0.25, -0.2) is 4.39 Å². The topological polar surface area (TPSA) is 40.1 Å². The Hall–Kier alpha value is -1.71. The van der Waals surface area contributed by atoms with Crippen LogP contribution in [0.3, 0.4) is 0 Å². The summed E-state index contributed by atoms with van der Waals surface area (Å²) in [6, 6.07) is 15.3. The van der Waals surface area contributed by atoms with Gasteiger partial charge in [-0.15, -0.1) is 24.0 Å². The summed E-state index contributed by atoms with van der Waals surface area (Å²) in [5.74, 6) is 0.563. The van der Waals surface area contributed by atoms with Gasteiger partial charge < -0.3 is 15.0 Å². The highest BCUT2D eigenvalue weighted by Gasteiger charge is 2.11. The lowest BCUT2D eigenvalue weighted by molar-refractivity contribution is 0.0342. The van der Waals surface area contributed by atoms with Crippen molar-refractivity contribution in [1.82, 2.24) is 15.1 Å². The third-order valence-corrected chi connectivity index (χ3v) is 4.87. The second kappa shape index (κ2) is 12.1. The molecular formula is C22H30FIN4O. The third-order valence-electron chi connectivity index (χ3n) is 4.87. The Morgan fingerprint density at radius 3 is 2.45 bits per heavy atom. The Bertz CT molecular complexity index is 779. The molecule has 158 valence electrons. The predicted molar refractivity (Wildman–Crippen MR) is 126 cm³/mol. The molecule has 0 unspecified atom stereocenters. The van der Waals surface area contributed by atoms with Gasteiger partial charge in [-0.1, -0.05) is 36.4 Å². The normalized spacial score (nSPS) is 14.9. The highest BCUT2D eigenvalue weighted by Crippen LogP contribution is 2.10. The Labute approximate surface area is 190 Å². The van der Waals surface area contributed by atoms with E-state index in [2.05, 4.69) is 39.5 Å². The van der Waals surface area contributed by atoms with Gasteiger partial charge in [0.05, 0.1) is 13.2 Å². The van der Waals surface area contributed by atoms with Crippen LogP contribution in [0.25, 0.3) is 0 Å². The zero-order chi connectivity index (χ0) is 19.8. The maximum absolute atomic E-state index is 13.4. The van der Waals surface area contributed by atoms with E-state index in [1.807, 2.05) is 18.0 Å². The van der Waals surface area contributed by atoms with E-state index in [0.717, 1.165) is 44.4 Å². The molecule has 0 aliphatic carbocycles. The number of nitrogens with zero attached hydrogens (tertiary/aromatic N) is 3. The lowest BCUT2D eigenvalue weighted by atomic mass is 10.1. The summed E-state index contributed by atoms with van der Waals surface area (Å²) in [6.45, 7) is 5.89. The molecule has 3 rings (SSSR count). The van der Waals surface area contributed by atoms with E-state index < -0.39 is 0 Å². The van der Waals surface area contributed by atoms with E-state index in [0.29, 0.717) is 13.1 Å². The molecule has 2 aromatic rings. The van der Waals surface area contributed by atoms with E-state index in [1.165, 1.54) is 17.2 Å². The Kier molecular flexibility index (Phi) is 9.83. The Morgan fingerprint density at radius 2 is 1.79 bits per heavy atom. The van der Waals surface area contributed by atoms with Gasteiger partial charge in [-0.2, -0.15) is 0 Å². The Morgan fingerprint density at radius 1 is 1.10 bits per heavy atom. The van der Waals surface area contributed by atoms with Crippen molar-refractivity contribution in [2.45, 2.75) is 19.6 Å². The van der Waals surface area contributed by atoms with Crippen LogP contribution in [-0.4, -0.2) is 56.2 Å². The van der Waals surface area contributed by atoms with Crippen molar-refractivity contribution in [1.29, 1.82) is 0 Å². The fraction of sp³-hybridized carbons (Fsp3) is 0.409. The van der Waals surface area contributed by atoms with Gasteiger partial charge >= 0.3 is 0 Å². The van der Waals surface area contributed by atoms with Crippen LogP contribution in [0.2, 0.25) is 0 Å². The van der Waals surface area contributed by atoms with Gasteiger partial charge in [0.1, 0.15) is 5.82 Å². The van der Waals surface area contributed by atoms with E-state index in [-0.39, 0.29) is 29.8 Å². The molecule has 29 heavy (non-hydrogen) atoms. The predicted octanol–water partition coefficient (Wildman–Crippen LogP) is 3.48. The van der Waals surface area contributed by atoms with Crippen LogP contribution < -0.4 is 5.32 Å². The number of ether oxygens (including phenoxy) is 1. The van der Waals surface area contributed by atoms with Crippen molar-refractivity contribution in [2.24, 2.45) is 4.99 Å². The first-order valence-electron chi connectivity index (χ1n) is 9.68.